The molecule has 11 aromatic rings. The first kappa shape index (κ1) is 87.5. The Balaban J connectivity index is 0.000000185. The molecule has 5 N–H and O–H groups in total. The summed E-state index contributed by atoms with van der Waals surface area (Å²) in [6.45, 7) is 62.2. The van der Waals surface area contributed by atoms with Gasteiger partial charge in [0.05, 0.1) is 45.0 Å². The smallest absolute Gasteiger partial charge is 0.265 e. The minimum absolute atomic E-state index is 0. The average molecular weight is 1500 g/mol. The molecule has 7 aromatic carbocycles. The molecule has 13 rings (SSSR count). The van der Waals surface area contributed by atoms with Crippen LogP contribution in [0, 0.1) is 66.2 Å². The molecule has 590 valence electrons. The van der Waals surface area contributed by atoms with Crippen LogP contribution in [0.1, 0.15) is 272 Å². The Morgan fingerprint density at radius 1 is 0.509 bits per heavy atom. The lowest BCUT2D eigenvalue weighted by Gasteiger charge is -2.27. The van der Waals surface area contributed by atoms with E-state index >= 15 is 0 Å². The van der Waals surface area contributed by atoms with Crippen molar-refractivity contribution in [3.8, 4) is 17.2 Å². The quantitative estimate of drug-likeness (QED) is 0.105. The van der Waals surface area contributed by atoms with Gasteiger partial charge in [-0.3, -0.25) is 28.9 Å². The third-order valence-electron chi connectivity index (χ3n) is 21.5. The van der Waals surface area contributed by atoms with Gasteiger partial charge >= 0.3 is 0 Å². The summed E-state index contributed by atoms with van der Waals surface area (Å²) in [6, 6.07) is 21.5. The summed E-state index contributed by atoms with van der Waals surface area (Å²) in [5, 5.41) is 35.2. The van der Waals surface area contributed by atoms with Gasteiger partial charge in [0.15, 0.2) is 5.43 Å². The highest BCUT2D eigenvalue weighted by Gasteiger charge is 2.37. The number of nitrogens with zero attached hydrogens (tertiary/aromatic N) is 4. The van der Waals surface area contributed by atoms with Gasteiger partial charge in [0, 0.05) is 67.0 Å². The minimum atomic E-state index is -0.428. The second-order valence-electron chi connectivity index (χ2n) is 36.7. The summed E-state index contributed by atoms with van der Waals surface area (Å²) in [7, 11) is 5.33. The van der Waals surface area contributed by atoms with Gasteiger partial charge in [-0.1, -0.05) is 182 Å². The Hall–Kier alpha value is -9.76. The number of aromatic hydroxyl groups is 3. The van der Waals surface area contributed by atoms with Gasteiger partial charge < -0.3 is 39.2 Å². The number of carbonyl (C=O) groups is 3. The van der Waals surface area contributed by atoms with E-state index in [1.807, 2.05) is 45.0 Å². The molecule has 3 amide bonds. The molecule has 15 nitrogen and oxygen atoms in total. The van der Waals surface area contributed by atoms with Gasteiger partial charge in [-0.15, -0.1) is 0 Å². The summed E-state index contributed by atoms with van der Waals surface area (Å²) in [6.07, 6.45) is 7.22. The third kappa shape index (κ3) is 17.7. The number of rotatable bonds is 4. The number of fused-ring (bicyclic) bond motifs is 8. The molecular formula is C95H126N6O9. The van der Waals surface area contributed by atoms with Crippen LogP contribution in [0.15, 0.2) is 99.3 Å². The highest BCUT2D eigenvalue weighted by molar-refractivity contribution is 6.22. The number of imide groups is 1. The first-order valence-electron chi connectivity index (χ1n) is 38.3. The van der Waals surface area contributed by atoms with E-state index in [1.54, 1.807) is 42.3 Å². The highest BCUT2D eigenvalue weighted by Crippen LogP contribution is 2.45. The summed E-state index contributed by atoms with van der Waals surface area (Å²) < 4.78 is 7.89. The molecule has 0 spiro atoms. The van der Waals surface area contributed by atoms with Crippen LogP contribution in [0.25, 0.3) is 54.6 Å². The molecule has 0 fully saturated rings. The number of phenols is 3. The van der Waals surface area contributed by atoms with Crippen molar-refractivity contribution in [1.29, 1.82) is 0 Å². The number of hydrogen-bond donors (Lipinski definition) is 5. The molecule has 0 aliphatic carbocycles. The predicted molar refractivity (Wildman–Crippen MR) is 458 cm³/mol. The van der Waals surface area contributed by atoms with Gasteiger partial charge in [-0.05, 0) is 227 Å². The van der Waals surface area contributed by atoms with E-state index in [0.717, 1.165) is 46.4 Å². The summed E-state index contributed by atoms with van der Waals surface area (Å²) in [5.41, 5.74) is 27.4. The maximum absolute atomic E-state index is 11.9. The fourth-order valence-corrected chi connectivity index (χ4v) is 16.2. The van der Waals surface area contributed by atoms with Crippen LogP contribution >= 0.6 is 0 Å². The van der Waals surface area contributed by atoms with Gasteiger partial charge in [0.25, 0.3) is 23.3 Å². The standard InChI is InChI=1S/C24H33N.C17H25N.C14H17NO3.C14H19NO2.C13H14O3.C12H14N2O.CH4/c1-11-18-16(6)21(24(8,9)10)17(7)20-19-14(4)12(2)13(3)15(5)22(19)25-23(18)20;1-8-13-11(2)15(17(4,5)6)12(3)14-9-10-18(7)16(13)14;1-14(2,3)7-8-5-6-9-10(11(8)16)13(18)15(4)12(9)17;1-14(2,3)7-9-5-6-10-8-15(4)13(17)11(10)12(9)16;1-13(2,3)11-7-9(15)12-8(14)5-4-6-10(12)16-11;1-12(2,3)9-6-4-5-8-10(9)13-7-14-11(8)15;/h25H,11H2,1-10H3;9-10H,8H2,1-7H3;5-6,16H,7H2,1-4H3;5-6,16H,7-8H2,1-4H3;4-7,14H,1-3H3;4-7H,1-3H3,(H,13,14,15);1H4. The zero-order valence-corrected chi connectivity index (χ0v) is 71.2. The number of phenolic OH excluding ortho intramolecular Hbond substituents is 3. The van der Waals surface area contributed by atoms with Crippen molar-refractivity contribution in [2.45, 2.75) is 255 Å². The maximum Gasteiger partial charge on any atom is 0.265 e. The number of hydrogen-bond acceptors (Lipinski definition) is 10. The molecule has 2 aliphatic heterocycles. The lowest BCUT2D eigenvalue weighted by Crippen LogP contribution is -2.24. The fourth-order valence-electron chi connectivity index (χ4n) is 16.2. The molecule has 4 aromatic heterocycles. The molecule has 0 unspecified atom stereocenters. The van der Waals surface area contributed by atoms with Crippen molar-refractivity contribution >= 4 is 72.3 Å². The number of benzene rings is 7. The van der Waals surface area contributed by atoms with E-state index in [1.165, 1.54) is 125 Å². The van der Waals surface area contributed by atoms with Crippen LogP contribution in [0.5, 0.6) is 17.2 Å². The Morgan fingerprint density at radius 3 is 1.58 bits per heavy atom. The molecule has 110 heavy (non-hydrogen) atoms. The molecule has 15 heteroatoms. The molecule has 0 saturated carbocycles. The zero-order valence-electron chi connectivity index (χ0n) is 71.2. The van der Waals surface area contributed by atoms with E-state index in [4.69, 9.17) is 4.42 Å². The number of para-hydroxylation sites is 1. The second kappa shape index (κ2) is 32.3. The SMILES string of the molecule is C.CC(C)(C)c1cc(=O)c2c(O)cccc2o1.CC(C)(C)c1cccc2c(=O)[nH]cnc12.CCc1c(C)c(C(C)(C)C)c(C)c2c1[nH]c1c(C)c(C)c(C)c(C)c12.CCc1c(C)c(C(C)(C)C)c(C)c2ccn(C)c12.CN1C(=O)c2ccc(CC(C)(C)C)c(O)c2C1=O.CN1Cc2ccc(CC(C)(C)C)c(O)c2C1=O. The normalized spacial score (nSPS) is 13.1. The van der Waals surface area contributed by atoms with E-state index in [-0.39, 0.29) is 96.5 Å². The van der Waals surface area contributed by atoms with Crippen LogP contribution in [0.4, 0.5) is 0 Å². The van der Waals surface area contributed by atoms with Crippen molar-refractivity contribution in [3.63, 3.8) is 0 Å². The number of nitrogens with one attached hydrogen (secondary N) is 2. The van der Waals surface area contributed by atoms with Crippen LogP contribution < -0.4 is 11.0 Å². The first-order valence-corrected chi connectivity index (χ1v) is 38.3. The Kier molecular flexibility index (Phi) is 25.7. The van der Waals surface area contributed by atoms with E-state index in [0.29, 0.717) is 40.8 Å². The van der Waals surface area contributed by atoms with Crippen molar-refractivity contribution in [3.05, 3.63) is 217 Å². The molecule has 0 atom stereocenters. The van der Waals surface area contributed by atoms with Gasteiger partial charge in [0.1, 0.15) is 34.0 Å². The molecule has 2 aliphatic rings. The molecular weight excluding hydrogens is 1370 g/mol. The second-order valence-corrected chi connectivity index (χ2v) is 36.7. The maximum atomic E-state index is 11.9. The molecule has 6 heterocycles. The van der Waals surface area contributed by atoms with Crippen molar-refractivity contribution in [1.82, 2.24) is 29.3 Å². The Labute approximate surface area is 654 Å². The van der Waals surface area contributed by atoms with Crippen molar-refractivity contribution in [2.24, 2.45) is 17.9 Å². The fraction of sp³-hybridized carbons (Fsp3) is 0.453. The third-order valence-corrected chi connectivity index (χ3v) is 21.5. The molecule has 0 bridgehead atoms. The topological polar surface area (TPSA) is 215 Å². The number of aromatic amines is 2. The van der Waals surface area contributed by atoms with Crippen molar-refractivity contribution in [2.75, 3.05) is 14.1 Å². The zero-order chi connectivity index (χ0) is 81.9. The highest BCUT2D eigenvalue weighted by atomic mass is 16.3. The Bertz CT molecular complexity index is 5500. The van der Waals surface area contributed by atoms with Gasteiger partial charge in [0.2, 0.25) is 0 Å². The molecule has 0 saturated heterocycles. The van der Waals surface area contributed by atoms with Crippen LogP contribution in [-0.4, -0.2) is 76.5 Å². The van der Waals surface area contributed by atoms with E-state index in [2.05, 4.69) is 212 Å². The van der Waals surface area contributed by atoms with Crippen molar-refractivity contribution < 1.29 is 34.1 Å². The lowest BCUT2D eigenvalue weighted by molar-refractivity contribution is 0.0691. The van der Waals surface area contributed by atoms with Gasteiger partial charge in [-0.25, -0.2) is 4.98 Å². The largest absolute Gasteiger partial charge is 0.507 e. The van der Waals surface area contributed by atoms with Gasteiger partial charge in [-0.2, -0.15) is 0 Å². The van der Waals surface area contributed by atoms with E-state index in [9.17, 15) is 39.3 Å². The first-order chi connectivity index (χ1) is 50.2. The Morgan fingerprint density at radius 2 is 1.04 bits per heavy atom. The van der Waals surface area contributed by atoms with E-state index < -0.39 is 5.91 Å². The summed E-state index contributed by atoms with van der Waals surface area (Å²) in [5.74, 6) is -0.150. The minimum Gasteiger partial charge on any atom is -0.507 e. The molecule has 0 radical (unpaired) electrons. The lowest BCUT2D eigenvalue weighted by atomic mass is 9.77. The average Bonchev–Trinajstić information content (AvgIpc) is 1.68. The number of carbonyl (C=O) groups excluding carboxylic acids is 3. The predicted octanol–water partition coefficient (Wildman–Crippen LogP) is 22.1. The summed E-state index contributed by atoms with van der Waals surface area (Å²) in [4.78, 5) is 72.3. The monoisotopic (exact) mass is 1490 g/mol. The van der Waals surface area contributed by atoms with Crippen LogP contribution in [-0.2, 0) is 60.9 Å². The number of amides is 3. The van der Waals surface area contributed by atoms with Crippen LogP contribution in [0.2, 0.25) is 0 Å². The van der Waals surface area contributed by atoms with Crippen LogP contribution in [0.3, 0.4) is 0 Å². The summed E-state index contributed by atoms with van der Waals surface area (Å²) >= 11 is 0. The number of H-pyrrole nitrogens is 2. The number of aromatic nitrogens is 4. The number of aryl methyl sites for hydroxylation is 7.